The van der Waals surface area contributed by atoms with Crippen LogP contribution in [0.5, 0.6) is 5.75 Å². The number of hydrogen-bond donors (Lipinski definition) is 2. The van der Waals surface area contributed by atoms with Crippen LogP contribution in [0, 0.1) is 5.92 Å². The van der Waals surface area contributed by atoms with Crippen molar-refractivity contribution >= 4 is 21.6 Å². The summed E-state index contributed by atoms with van der Waals surface area (Å²) in [7, 11) is -2.33. The van der Waals surface area contributed by atoms with Gasteiger partial charge in [0.1, 0.15) is 5.75 Å². The average molecular weight is 391 g/mol. The zero-order valence-electron chi connectivity index (χ0n) is 16.0. The molecule has 0 fully saturated rings. The molecule has 2 rings (SSSR count). The largest absolute Gasteiger partial charge is 0.495 e. The van der Waals surface area contributed by atoms with Crippen LogP contribution in [0.25, 0.3) is 0 Å². The molecule has 0 saturated heterocycles. The van der Waals surface area contributed by atoms with Crippen LogP contribution < -0.4 is 14.8 Å². The second-order valence-corrected chi connectivity index (χ2v) is 8.47. The van der Waals surface area contributed by atoms with Crippen LogP contribution in [0.4, 0.5) is 5.69 Å². The Balaban J connectivity index is 2.37. The highest BCUT2D eigenvalue weighted by atomic mass is 32.2. The number of nitrogens with one attached hydrogen (secondary N) is 2. The normalized spacial score (nSPS) is 12.6. The predicted octanol–water partition coefficient (Wildman–Crippen LogP) is 3.72. The molecule has 7 heteroatoms. The summed E-state index contributed by atoms with van der Waals surface area (Å²) >= 11 is 0. The van der Waals surface area contributed by atoms with Gasteiger partial charge >= 0.3 is 0 Å². The summed E-state index contributed by atoms with van der Waals surface area (Å²) in [5, 5.41) is 2.60. The highest BCUT2D eigenvalue weighted by Crippen LogP contribution is 2.29. The Morgan fingerprint density at radius 2 is 1.78 bits per heavy atom. The number of rotatable bonds is 8. The van der Waals surface area contributed by atoms with Crippen molar-refractivity contribution < 1.29 is 17.9 Å². The van der Waals surface area contributed by atoms with Crippen molar-refractivity contribution in [2.45, 2.75) is 38.1 Å². The Morgan fingerprint density at radius 1 is 1.11 bits per heavy atom. The lowest BCUT2D eigenvalue weighted by atomic mass is 9.98. The Bertz CT molecular complexity index is 880. The zero-order valence-corrected chi connectivity index (χ0v) is 16.8. The quantitative estimate of drug-likeness (QED) is 0.719. The molecule has 27 heavy (non-hydrogen) atoms. The van der Waals surface area contributed by atoms with Gasteiger partial charge in [-0.1, -0.05) is 44.2 Å². The minimum atomic E-state index is -3.79. The highest BCUT2D eigenvalue weighted by molar-refractivity contribution is 7.89. The molecule has 2 aromatic rings. The number of sulfonamides is 1. The average Bonchev–Trinajstić information content (AvgIpc) is 2.60. The molecule has 0 aliphatic carbocycles. The van der Waals surface area contributed by atoms with E-state index in [9.17, 15) is 13.2 Å². The topological polar surface area (TPSA) is 84.5 Å². The van der Waals surface area contributed by atoms with E-state index in [1.54, 1.807) is 0 Å². The number of carbonyl (C=O) groups excluding carboxylic acids is 1. The summed E-state index contributed by atoms with van der Waals surface area (Å²) in [5.74, 6) is 0.396. The first-order valence-corrected chi connectivity index (χ1v) is 10.2. The summed E-state index contributed by atoms with van der Waals surface area (Å²) in [6.07, 6.45) is 0.665. The summed E-state index contributed by atoms with van der Waals surface area (Å²) in [6, 6.07) is 13.5. The van der Waals surface area contributed by atoms with Gasteiger partial charge in [-0.2, -0.15) is 0 Å². The van der Waals surface area contributed by atoms with E-state index < -0.39 is 10.0 Å². The van der Waals surface area contributed by atoms with Gasteiger partial charge in [-0.05, 0) is 36.1 Å². The number of anilines is 1. The van der Waals surface area contributed by atoms with Crippen LogP contribution in [0.2, 0.25) is 0 Å². The van der Waals surface area contributed by atoms with Gasteiger partial charge in [-0.3, -0.25) is 4.79 Å². The van der Waals surface area contributed by atoms with Gasteiger partial charge in [0, 0.05) is 13.0 Å². The number of amides is 1. The number of ether oxygens (including phenoxy) is 1. The van der Waals surface area contributed by atoms with E-state index in [-0.39, 0.29) is 16.8 Å². The molecule has 0 aliphatic heterocycles. The lowest BCUT2D eigenvalue weighted by Crippen LogP contribution is -2.29. The highest BCUT2D eigenvalue weighted by Gasteiger charge is 2.23. The van der Waals surface area contributed by atoms with Crippen LogP contribution in [0.3, 0.4) is 0 Å². The van der Waals surface area contributed by atoms with E-state index in [4.69, 9.17) is 4.74 Å². The predicted molar refractivity (Wildman–Crippen MR) is 106 cm³/mol. The van der Waals surface area contributed by atoms with E-state index in [1.165, 1.54) is 32.2 Å². The van der Waals surface area contributed by atoms with Crippen molar-refractivity contribution in [3.63, 3.8) is 0 Å². The first kappa shape index (κ1) is 20.9. The van der Waals surface area contributed by atoms with E-state index >= 15 is 0 Å². The molecular weight excluding hydrogens is 364 g/mol. The van der Waals surface area contributed by atoms with Crippen LogP contribution in [0.1, 0.15) is 38.8 Å². The smallest absolute Gasteiger partial charge is 0.241 e. The van der Waals surface area contributed by atoms with E-state index in [2.05, 4.69) is 10.0 Å². The molecule has 0 unspecified atom stereocenters. The maximum absolute atomic E-state index is 13.0. The van der Waals surface area contributed by atoms with Crippen LogP contribution in [-0.2, 0) is 14.8 Å². The first-order chi connectivity index (χ1) is 12.7. The van der Waals surface area contributed by atoms with Crippen molar-refractivity contribution in [3.05, 3.63) is 54.1 Å². The third-order valence-corrected chi connectivity index (χ3v) is 5.47. The van der Waals surface area contributed by atoms with Gasteiger partial charge in [0.15, 0.2) is 0 Å². The molecule has 146 valence electrons. The van der Waals surface area contributed by atoms with E-state index in [0.717, 1.165) is 5.56 Å². The monoisotopic (exact) mass is 390 g/mol. The molecule has 0 radical (unpaired) electrons. The van der Waals surface area contributed by atoms with Gasteiger partial charge in [0.25, 0.3) is 0 Å². The molecule has 0 saturated carbocycles. The summed E-state index contributed by atoms with van der Waals surface area (Å²) in [6.45, 7) is 5.45. The molecule has 0 spiro atoms. The summed E-state index contributed by atoms with van der Waals surface area (Å²) < 4.78 is 33.9. The SMILES string of the molecule is COc1ccc(S(=O)(=O)N[C@@H](CC(C)C)c2ccccc2)cc1NC(C)=O. The Hall–Kier alpha value is -2.38. The Labute approximate surface area is 161 Å². The molecule has 6 nitrogen and oxygen atoms in total. The van der Waals surface area contributed by atoms with E-state index in [1.807, 2.05) is 44.2 Å². The first-order valence-electron chi connectivity index (χ1n) is 8.76. The standard InChI is InChI=1S/C20H26N2O4S/c1-14(2)12-18(16-8-6-5-7-9-16)22-27(24,25)17-10-11-20(26-4)19(13-17)21-15(3)23/h5-11,13-14,18,22H,12H2,1-4H3,(H,21,23)/t18-/m0/s1. The van der Waals surface area contributed by atoms with Crippen LogP contribution in [-0.4, -0.2) is 21.4 Å². The molecular formula is C20H26N2O4S. The maximum Gasteiger partial charge on any atom is 0.241 e. The Kier molecular flexibility index (Phi) is 6.98. The van der Waals surface area contributed by atoms with Crippen molar-refractivity contribution in [3.8, 4) is 5.75 Å². The van der Waals surface area contributed by atoms with Gasteiger partial charge in [-0.15, -0.1) is 0 Å². The Morgan fingerprint density at radius 3 is 2.33 bits per heavy atom. The molecule has 1 atom stereocenters. The van der Waals surface area contributed by atoms with Crippen molar-refractivity contribution in [1.29, 1.82) is 0 Å². The van der Waals surface area contributed by atoms with Crippen molar-refractivity contribution in [2.24, 2.45) is 5.92 Å². The van der Waals surface area contributed by atoms with Crippen LogP contribution in [0.15, 0.2) is 53.4 Å². The fourth-order valence-corrected chi connectivity index (χ4v) is 4.07. The number of carbonyl (C=O) groups is 1. The van der Waals surface area contributed by atoms with Crippen molar-refractivity contribution in [2.75, 3.05) is 12.4 Å². The number of methoxy groups -OCH3 is 1. The molecule has 0 aliphatic rings. The third-order valence-electron chi connectivity index (χ3n) is 4.00. The van der Waals surface area contributed by atoms with Crippen LogP contribution >= 0.6 is 0 Å². The molecule has 2 N–H and O–H groups in total. The molecule has 0 heterocycles. The fraction of sp³-hybridized carbons (Fsp3) is 0.350. The number of benzene rings is 2. The second kappa shape index (κ2) is 9.01. The lowest BCUT2D eigenvalue weighted by Gasteiger charge is -2.21. The summed E-state index contributed by atoms with van der Waals surface area (Å²) in [5.41, 5.74) is 1.22. The summed E-state index contributed by atoms with van der Waals surface area (Å²) in [4.78, 5) is 11.5. The minimum absolute atomic E-state index is 0.0664. The fourth-order valence-electron chi connectivity index (χ4n) is 2.81. The molecule has 2 aromatic carbocycles. The van der Waals surface area contributed by atoms with Gasteiger partial charge in [-0.25, -0.2) is 13.1 Å². The van der Waals surface area contributed by atoms with E-state index in [0.29, 0.717) is 23.8 Å². The molecule has 0 aromatic heterocycles. The van der Waals surface area contributed by atoms with Gasteiger partial charge < -0.3 is 10.1 Å². The lowest BCUT2D eigenvalue weighted by molar-refractivity contribution is -0.114. The van der Waals surface area contributed by atoms with Gasteiger partial charge in [0.05, 0.1) is 17.7 Å². The van der Waals surface area contributed by atoms with Gasteiger partial charge in [0.2, 0.25) is 15.9 Å². The molecule has 1 amide bonds. The molecule has 0 bridgehead atoms. The minimum Gasteiger partial charge on any atom is -0.495 e. The second-order valence-electron chi connectivity index (χ2n) is 6.76. The zero-order chi connectivity index (χ0) is 20.0. The number of hydrogen-bond acceptors (Lipinski definition) is 4. The third kappa shape index (κ3) is 5.80. The van der Waals surface area contributed by atoms with Crippen molar-refractivity contribution in [1.82, 2.24) is 4.72 Å². The maximum atomic E-state index is 13.0.